The van der Waals surface area contributed by atoms with E-state index in [4.69, 9.17) is 16.3 Å². The molecule has 18 heavy (non-hydrogen) atoms. The van der Waals surface area contributed by atoms with Gasteiger partial charge in [-0.05, 0) is 30.2 Å². The maximum Gasteiger partial charge on any atom is 0.327 e. The number of halogens is 2. The molecule has 1 aromatic rings. The van der Waals surface area contributed by atoms with Gasteiger partial charge in [-0.15, -0.1) is 0 Å². The third-order valence-electron chi connectivity index (χ3n) is 2.44. The molecule has 100 valence electrons. The highest BCUT2D eigenvalue weighted by atomic mass is 35.5. The van der Waals surface area contributed by atoms with Gasteiger partial charge in [0.1, 0.15) is 11.9 Å². The van der Waals surface area contributed by atoms with Gasteiger partial charge in [-0.2, -0.15) is 0 Å². The molecule has 0 fully saturated rings. The van der Waals surface area contributed by atoms with E-state index in [1.165, 1.54) is 19.2 Å². The molecule has 1 aromatic carbocycles. The van der Waals surface area contributed by atoms with E-state index in [1.807, 2.05) is 13.8 Å². The molecular formula is C13H17ClFNO2. The molecule has 0 aromatic heterocycles. The normalized spacial score (nSPS) is 12.6. The molecule has 1 atom stereocenters. The fourth-order valence-corrected chi connectivity index (χ4v) is 1.62. The second-order valence-corrected chi connectivity index (χ2v) is 4.84. The predicted molar refractivity (Wildman–Crippen MR) is 69.0 cm³/mol. The molecular weight excluding hydrogens is 257 g/mol. The molecule has 1 rings (SSSR count). The van der Waals surface area contributed by atoms with Crippen LogP contribution in [0.15, 0.2) is 18.2 Å². The van der Waals surface area contributed by atoms with Crippen molar-refractivity contribution in [3.63, 3.8) is 0 Å². The van der Waals surface area contributed by atoms with Crippen molar-refractivity contribution in [3.8, 4) is 0 Å². The number of methoxy groups -OCH3 is 1. The highest BCUT2D eigenvalue weighted by Crippen LogP contribution is 2.21. The molecule has 0 saturated heterocycles. The van der Waals surface area contributed by atoms with E-state index >= 15 is 0 Å². The van der Waals surface area contributed by atoms with Gasteiger partial charge in [-0.3, -0.25) is 0 Å². The summed E-state index contributed by atoms with van der Waals surface area (Å²) >= 11 is 5.61. The zero-order valence-electron chi connectivity index (χ0n) is 10.7. The van der Waals surface area contributed by atoms with Gasteiger partial charge in [0.15, 0.2) is 0 Å². The van der Waals surface area contributed by atoms with Crippen molar-refractivity contribution in [2.75, 3.05) is 13.7 Å². The van der Waals surface area contributed by atoms with Gasteiger partial charge in [0, 0.05) is 0 Å². The Bertz CT molecular complexity index is 423. The van der Waals surface area contributed by atoms with Crippen molar-refractivity contribution in [1.82, 2.24) is 5.32 Å². The highest BCUT2D eigenvalue weighted by Gasteiger charge is 2.22. The minimum absolute atomic E-state index is 0.0335. The number of hydrogen-bond acceptors (Lipinski definition) is 3. The van der Waals surface area contributed by atoms with Gasteiger partial charge in [-0.25, -0.2) is 9.18 Å². The Balaban J connectivity index is 2.94. The van der Waals surface area contributed by atoms with E-state index in [-0.39, 0.29) is 5.02 Å². The smallest absolute Gasteiger partial charge is 0.327 e. The summed E-state index contributed by atoms with van der Waals surface area (Å²) in [6.45, 7) is 4.66. The van der Waals surface area contributed by atoms with Crippen molar-refractivity contribution in [3.05, 3.63) is 34.6 Å². The third kappa shape index (κ3) is 3.96. The van der Waals surface area contributed by atoms with E-state index in [2.05, 4.69) is 5.32 Å². The van der Waals surface area contributed by atoms with Crippen LogP contribution in [-0.2, 0) is 9.53 Å². The number of benzene rings is 1. The molecule has 0 amide bonds. The average Bonchev–Trinajstić information content (AvgIpc) is 2.33. The Morgan fingerprint density at radius 2 is 2.17 bits per heavy atom. The predicted octanol–water partition coefficient (Wildman–Crippen LogP) is 2.94. The van der Waals surface area contributed by atoms with E-state index < -0.39 is 17.8 Å². The van der Waals surface area contributed by atoms with Gasteiger partial charge in [0.2, 0.25) is 0 Å². The fourth-order valence-electron chi connectivity index (χ4n) is 1.50. The first-order valence-electron chi connectivity index (χ1n) is 5.72. The lowest BCUT2D eigenvalue weighted by Crippen LogP contribution is -2.32. The topological polar surface area (TPSA) is 38.3 Å². The molecule has 3 nitrogen and oxygen atoms in total. The van der Waals surface area contributed by atoms with Gasteiger partial charge < -0.3 is 10.1 Å². The summed E-state index contributed by atoms with van der Waals surface area (Å²) < 4.78 is 18.1. The van der Waals surface area contributed by atoms with Crippen LogP contribution in [0.2, 0.25) is 5.02 Å². The summed E-state index contributed by atoms with van der Waals surface area (Å²) in [6.07, 6.45) is 0. The lowest BCUT2D eigenvalue weighted by atomic mass is 10.1. The molecule has 0 aliphatic heterocycles. The standard InChI is InChI=1S/C13H17ClFNO2/c1-8(2)7-16-12(13(17)18-3)9-4-5-10(14)11(15)6-9/h4-6,8,12,16H,7H2,1-3H3. The Labute approximate surface area is 111 Å². The van der Waals surface area contributed by atoms with Crippen molar-refractivity contribution >= 4 is 17.6 Å². The van der Waals surface area contributed by atoms with Gasteiger partial charge >= 0.3 is 5.97 Å². The molecule has 0 aliphatic carbocycles. The molecule has 0 spiro atoms. The first-order valence-corrected chi connectivity index (χ1v) is 6.09. The third-order valence-corrected chi connectivity index (χ3v) is 2.75. The summed E-state index contributed by atoms with van der Waals surface area (Å²) in [6, 6.07) is 3.61. The zero-order valence-corrected chi connectivity index (χ0v) is 11.4. The van der Waals surface area contributed by atoms with Crippen LogP contribution in [-0.4, -0.2) is 19.6 Å². The Morgan fingerprint density at radius 1 is 1.50 bits per heavy atom. The average molecular weight is 274 g/mol. The molecule has 1 unspecified atom stereocenters. The largest absolute Gasteiger partial charge is 0.468 e. The zero-order chi connectivity index (χ0) is 13.7. The van der Waals surface area contributed by atoms with Crippen LogP contribution in [0.5, 0.6) is 0 Å². The van der Waals surface area contributed by atoms with Gasteiger partial charge in [-0.1, -0.05) is 31.5 Å². The SMILES string of the molecule is COC(=O)C(NCC(C)C)c1ccc(Cl)c(F)c1. The van der Waals surface area contributed by atoms with E-state index in [0.29, 0.717) is 18.0 Å². The van der Waals surface area contributed by atoms with E-state index in [1.54, 1.807) is 6.07 Å². The maximum atomic E-state index is 13.4. The van der Waals surface area contributed by atoms with Crippen molar-refractivity contribution in [2.24, 2.45) is 5.92 Å². The fraction of sp³-hybridized carbons (Fsp3) is 0.462. The number of ether oxygens (including phenoxy) is 1. The van der Waals surface area contributed by atoms with Crippen LogP contribution < -0.4 is 5.32 Å². The first-order chi connectivity index (χ1) is 8.45. The number of esters is 1. The number of nitrogens with one attached hydrogen (secondary N) is 1. The van der Waals surface area contributed by atoms with Gasteiger partial charge in [0.25, 0.3) is 0 Å². The van der Waals surface area contributed by atoms with Crippen molar-refractivity contribution in [1.29, 1.82) is 0 Å². The van der Waals surface area contributed by atoms with E-state index in [9.17, 15) is 9.18 Å². The summed E-state index contributed by atoms with van der Waals surface area (Å²) in [4.78, 5) is 11.7. The summed E-state index contributed by atoms with van der Waals surface area (Å²) in [5.74, 6) is -0.624. The Hall–Kier alpha value is -1.13. The number of rotatable bonds is 5. The monoisotopic (exact) mass is 273 g/mol. The molecule has 0 heterocycles. The number of carbonyl (C=O) groups is 1. The van der Waals surface area contributed by atoms with Gasteiger partial charge in [0.05, 0.1) is 12.1 Å². The van der Waals surface area contributed by atoms with Crippen LogP contribution in [0.25, 0.3) is 0 Å². The van der Waals surface area contributed by atoms with Crippen molar-refractivity contribution < 1.29 is 13.9 Å². The second kappa shape index (κ2) is 6.71. The first kappa shape index (κ1) is 14.9. The molecule has 5 heteroatoms. The lowest BCUT2D eigenvalue weighted by molar-refractivity contribution is -0.143. The molecule has 0 saturated carbocycles. The summed E-state index contributed by atoms with van der Waals surface area (Å²) in [5, 5.41) is 3.08. The molecule has 0 bridgehead atoms. The number of hydrogen-bond donors (Lipinski definition) is 1. The van der Waals surface area contributed by atoms with E-state index in [0.717, 1.165) is 0 Å². The molecule has 0 aliphatic rings. The highest BCUT2D eigenvalue weighted by molar-refractivity contribution is 6.30. The molecule has 0 radical (unpaired) electrons. The van der Waals surface area contributed by atoms with Crippen LogP contribution in [0.3, 0.4) is 0 Å². The Morgan fingerprint density at radius 3 is 2.67 bits per heavy atom. The second-order valence-electron chi connectivity index (χ2n) is 4.43. The minimum atomic E-state index is -0.677. The van der Waals surface area contributed by atoms with Crippen LogP contribution in [0.4, 0.5) is 4.39 Å². The lowest BCUT2D eigenvalue weighted by Gasteiger charge is -2.18. The Kier molecular flexibility index (Phi) is 5.56. The maximum absolute atomic E-state index is 13.4. The summed E-state index contributed by atoms with van der Waals surface area (Å²) in [5.41, 5.74) is 0.504. The van der Waals surface area contributed by atoms with Crippen LogP contribution in [0, 0.1) is 11.7 Å². The minimum Gasteiger partial charge on any atom is -0.468 e. The number of carbonyl (C=O) groups excluding carboxylic acids is 1. The van der Waals surface area contributed by atoms with Crippen LogP contribution >= 0.6 is 11.6 Å². The summed E-state index contributed by atoms with van der Waals surface area (Å²) in [7, 11) is 1.30. The molecule has 1 N–H and O–H groups in total. The quantitative estimate of drug-likeness (QED) is 0.839. The van der Waals surface area contributed by atoms with Crippen LogP contribution in [0.1, 0.15) is 25.5 Å². The van der Waals surface area contributed by atoms with Crippen molar-refractivity contribution in [2.45, 2.75) is 19.9 Å².